The lowest BCUT2D eigenvalue weighted by Gasteiger charge is -2.39. The molecule has 0 saturated heterocycles. The molecule has 2 saturated carbocycles. The minimum Gasteiger partial charge on any atom is -0.481 e. The van der Waals surface area contributed by atoms with E-state index >= 15 is 0 Å². The number of rotatable bonds is 2. The van der Waals surface area contributed by atoms with Crippen LogP contribution in [0.5, 0.6) is 0 Å². The van der Waals surface area contributed by atoms with Crippen molar-refractivity contribution >= 4 is 5.97 Å². The first-order valence-electron chi connectivity index (χ1n) is 5.47. The molecule has 2 aliphatic rings. The van der Waals surface area contributed by atoms with Crippen molar-refractivity contribution in [3.63, 3.8) is 0 Å². The van der Waals surface area contributed by atoms with Gasteiger partial charge in [-0.15, -0.1) is 0 Å². The lowest BCUT2D eigenvalue weighted by Crippen LogP contribution is -2.30. The van der Waals surface area contributed by atoms with Crippen molar-refractivity contribution in [2.45, 2.75) is 44.9 Å². The predicted molar refractivity (Wildman–Crippen MR) is 50.4 cm³/mol. The van der Waals surface area contributed by atoms with E-state index in [1.165, 1.54) is 38.5 Å². The summed E-state index contributed by atoms with van der Waals surface area (Å²) in [7, 11) is 0. The van der Waals surface area contributed by atoms with Gasteiger partial charge in [-0.2, -0.15) is 0 Å². The molecule has 0 aromatic carbocycles. The smallest absolute Gasteiger partial charge is 0.303 e. The van der Waals surface area contributed by atoms with Crippen molar-refractivity contribution in [2.24, 2.45) is 17.8 Å². The second-order valence-corrected chi connectivity index (χ2v) is 4.73. The van der Waals surface area contributed by atoms with Gasteiger partial charge in [0, 0.05) is 6.42 Å². The van der Waals surface area contributed by atoms with Gasteiger partial charge in [0.15, 0.2) is 0 Å². The number of carbonyl (C=O) groups is 1. The van der Waals surface area contributed by atoms with Gasteiger partial charge < -0.3 is 5.11 Å². The van der Waals surface area contributed by atoms with E-state index in [1.807, 2.05) is 0 Å². The lowest BCUT2D eigenvalue weighted by atomic mass is 9.66. The molecule has 2 aliphatic carbocycles. The highest BCUT2D eigenvalue weighted by atomic mass is 16.4. The summed E-state index contributed by atoms with van der Waals surface area (Å²) in [5, 5.41) is 8.76. The molecule has 0 amide bonds. The Labute approximate surface area is 79.3 Å². The van der Waals surface area contributed by atoms with Gasteiger partial charge in [-0.05, 0) is 30.6 Å². The van der Waals surface area contributed by atoms with Crippen molar-refractivity contribution in [3.8, 4) is 0 Å². The van der Waals surface area contributed by atoms with Crippen molar-refractivity contribution in [1.29, 1.82) is 0 Å². The van der Waals surface area contributed by atoms with Crippen LogP contribution < -0.4 is 0 Å². The molecule has 1 N–H and O–H groups in total. The molecule has 0 radical (unpaired) electrons. The van der Waals surface area contributed by atoms with Gasteiger partial charge in [0.1, 0.15) is 0 Å². The van der Waals surface area contributed by atoms with Gasteiger partial charge in [-0.25, -0.2) is 0 Å². The minimum atomic E-state index is -0.603. The van der Waals surface area contributed by atoms with Crippen LogP contribution in [0.3, 0.4) is 0 Å². The maximum atomic E-state index is 10.6. The molecule has 74 valence electrons. The van der Waals surface area contributed by atoms with Crippen molar-refractivity contribution in [1.82, 2.24) is 0 Å². The zero-order valence-corrected chi connectivity index (χ0v) is 8.04. The summed E-state index contributed by atoms with van der Waals surface area (Å²) in [6.07, 6.45) is 8.21. The molecule has 0 spiro atoms. The number of aliphatic carboxylic acids is 1. The zero-order valence-electron chi connectivity index (χ0n) is 8.04. The van der Waals surface area contributed by atoms with Crippen LogP contribution >= 0.6 is 0 Å². The summed E-state index contributed by atoms with van der Waals surface area (Å²) in [5.41, 5.74) is 0. The monoisotopic (exact) mass is 182 g/mol. The van der Waals surface area contributed by atoms with E-state index in [9.17, 15) is 4.79 Å². The fourth-order valence-corrected chi connectivity index (χ4v) is 3.20. The van der Waals surface area contributed by atoms with Crippen molar-refractivity contribution in [2.75, 3.05) is 0 Å². The molecule has 0 heterocycles. The fraction of sp³-hybridized carbons (Fsp3) is 0.909. The van der Waals surface area contributed by atoms with Gasteiger partial charge in [-0.3, -0.25) is 4.79 Å². The Hall–Kier alpha value is -0.530. The van der Waals surface area contributed by atoms with Crippen molar-refractivity contribution < 1.29 is 9.90 Å². The average Bonchev–Trinajstić information content (AvgIpc) is 2.10. The lowest BCUT2D eigenvalue weighted by molar-refractivity contribution is -0.139. The van der Waals surface area contributed by atoms with Crippen LogP contribution in [0, 0.1) is 17.8 Å². The van der Waals surface area contributed by atoms with Gasteiger partial charge in [-0.1, -0.05) is 25.7 Å². The van der Waals surface area contributed by atoms with Gasteiger partial charge in [0.05, 0.1) is 0 Å². The first-order valence-corrected chi connectivity index (χ1v) is 5.47. The quantitative estimate of drug-likeness (QED) is 0.713. The number of hydrogen-bond donors (Lipinski definition) is 1. The van der Waals surface area contributed by atoms with E-state index in [0.29, 0.717) is 12.3 Å². The molecule has 2 heteroatoms. The van der Waals surface area contributed by atoms with Crippen molar-refractivity contribution in [3.05, 3.63) is 0 Å². The average molecular weight is 182 g/mol. The summed E-state index contributed by atoms with van der Waals surface area (Å²) >= 11 is 0. The Morgan fingerprint density at radius 2 is 2.08 bits per heavy atom. The maximum absolute atomic E-state index is 10.6. The third-order valence-electron chi connectivity index (χ3n) is 3.87. The first-order chi connectivity index (χ1) is 6.25. The van der Waals surface area contributed by atoms with Gasteiger partial charge >= 0.3 is 5.97 Å². The largest absolute Gasteiger partial charge is 0.481 e. The SMILES string of the molecule is O=C(O)CC1CCC2CCCC1C2. The molecule has 0 aromatic heterocycles. The van der Waals surface area contributed by atoms with E-state index in [1.54, 1.807) is 0 Å². The summed E-state index contributed by atoms with van der Waals surface area (Å²) in [6.45, 7) is 0. The normalized spacial score (nSPS) is 38.6. The van der Waals surface area contributed by atoms with Crippen LogP contribution in [-0.4, -0.2) is 11.1 Å². The highest BCUT2D eigenvalue weighted by Gasteiger charge is 2.33. The van der Waals surface area contributed by atoms with E-state index in [0.717, 1.165) is 11.8 Å². The first kappa shape index (κ1) is 9.04. The number of carboxylic acids is 1. The standard InChI is InChI=1S/C11H18O2/c12-11(13)7-10-5-4-8-2-1-3-9(10)6-8/h8-10H,1-7H2,(H,12,13). The van der Waals surface area contributed by atoms with Crippen LogP contribution in [-0.2, 0) is 4.79 Å². The van der Waals surface area contributed by atoms with Crippen LogP contribution in [0.2, 0.25) is 0 Å². The Morgan fingerprint density at radius 3 is 2.85 bits per heavy atom. The Balaban J connectivity index is 1.93. The third kappa shape index (κ3) is 2.04. The minimum absolute atomic E-state index is 0.414. The van der Waals surface area contributed by atoms with E-state index in [4.69, 9.17) is 5.11 Å². The predicted octanol–water partition coefficient (Wildman–Crippen LogP) is 2.68. The molecule has 2 nitrogen and oxygen atoms in total. The van der Waals surface area contributed by atoms with E-state index < -0.39 is 5.97 Å². The molecule has 3 unspecified atom stereocenters. The fourth-order valence-electron chi connectivity index (χ4n) is 3.20. The third-order valence-corrected chi connectivity index (χ3v) is 3.87. The molecule has 2 rings (SSSR count). The molecule has 13 heavy (non-hydrogen) atoms. The number of carboxylic acid groups (broad SMARTS) is 1. The van der Waals surface area contributed by atoms with Gasteiger partial charge in [0.2, 0.25) is 0 Å². The molecule has 2 bridgehead atoms. The second-order valence-electron chi connectivity index (χ2n) is 4.73. The summed E-state index contributed by atoms with van der Waals surface area (Å²) in [4.78, 5) is 10.6. The maximum Gasteiger partial charge on any atom is 0.303 e. The summed E-state index contributed by atoms with van der Waals surface area (Å²) in [6, 6.07) is 0. The number of fused-ring (bicyclic) bond motifs is 2. The molecule has 0 aliphatic heterocycles. The second kappa shape index (κ2) is 3.69. The Bertz CT molecular complexity index is 200. The zero-order chi connectivity index (χ0) is 9.26. The highest BCUT2D eigenvalue weighted by Crippen LogP contribution is 2.44. The molecule has 3 atom stereocenters. The van der Waals surface area contributed by atoms with E-state index in [2.05, 4.69) is 0 Å². The molecular weight excluding hydrogens is 164 g/mol. The Morgan fingerprint density at radius 1 is 1.23 bits per heavy atom. The molecular formula is C11H18O2. The Kier molecular flexibility index (Phi) is 2.56. The van der Waals surface area contributed by atoms with Crippen LogP contribution in [0.25, 0.3) is 0 Å². The van der Waals surface area contributed by atoms with E-state index in [-0.39, 0.29) is 0 Å². The number of hydrogen-bond acceptors (Lipinski definition) is 1. The van der Waals surface area contributed by atoms with Crippen LogP contribution in [0.4, 0.5) is 0 Å². The summed E-state index contributed by atoms with van der Waals surface area (Å²) < 4.78 is 0. The topological polar surface area (TPSA) is 37.3 Å². The van der Waals surface area contributed by atoms with Crippen LogP contribution in [0.15, 0.2) is 0 Å². The van der Waals surface area contributed by atoms with Crippen LogP contribution in [0.1, 0.15) is 44.9 Å². The van der Waals surface area contributed by atoms with Gasteiger partial charge in [0.25, 0.3) is 0 Å². The molecule has 2 fully saturated rings. The summed E-state index contributed by atoms with van der Waals surface area (Å²) in [5.74, 6) is 1.57. The highest BCUT2D eigenvalue weighted by molar-refractivity contribution is 5.67. The molecule has 0 aromatic rings.